The molecule has 1 heterocycles. The number of carbonyl (C=O) groups is 1. The maximum absolute atomic E-state index is 12.5. The molecule has 0 aromatic heterocycles. The van der Waals surface area contributed by atoms with Gasteiger partial charge in [-0.1, -0.05) is 161 Å². The Morgan fingerprint density at radius 2 is 1.14 bits per heavy atom. The number of nitrogens with zero attached hydrogens (tertiary/aromatic N) is 2. The number of unbranched alkanes of at least 4 members (excludes halogenated alkanes) is 18. The van der Waals surface area contributed by atoms with Gasteiger partial charge in [-0.05, 0) is 49.1 Å². The first-order valence-corrected chi connectivity index (χ1v) is 18.2. The zero-order valence-electron chi connectivity index (χ0n) is 29.1. The van der Waals surface area contributed by atoms with E-state index in [0.717, 1.165) is 24.4 Å². The maximum atomic E-state index is 12.5. The molecule has 1 aliphatic rings. The molecule has 0 saturated carbocycles. The molecule has 1 aromatic rings. The fraction of sp³-hybridized carbons (Fsp3) is 0.744. The van der Waals surface area contributed by atoms with E-state index in [1.807, 2.05) is 6.08 Å². The summed E-state index contributed by atoms with van der Waals surface area (Å²) in [5.41, 5.74) is 4.62. The van der Waals surface area contributed by atoms with Gasteiger partial charge in [-0.2, -0.15) is 0 Å². The highest BCUT2D eigenvalue weighted by molar-refractivity contribution is 6.26. The standard InChI is InChI=1S/C39H66N2O2/c1-7-9-11-13-15-17-19-21-23-25-29-41(30-26-24-22-20-18-16-14-12-10-8-2)35-28-27-34(33(3)31-35)32-36-37(39(4,5)6)40-43-38(36)42/h27-28,31-32H,7-26,29-30H2,1-6H3/b36-32-. The molecule has 244 valence electrons. The van der Waals surface area contributed by atoms with Gasteiger partial charge in [0.05, 0.1) is 5.57 Å². The summed E-state index contributed by atoms with van der Waals surface area (Å²) >= 11 is 0. The third-order valence-electron chi connectivity index (χ3n) is 8.89. The summed E-state index contributed by atoms with van der Waals surface area (Å²) in [4.78, 5) is 20.1. The van der Waals surface area contributed by atoms with Gasteiger partial charge in [-0.3, -0.25) is 0 Å². The first-order valence-electron chi connectivity index (χ1n) is 18.2. The number of aryl methyl sites for hydroxylation is 1. The fourth-order valence-corrected chi connectivity index (χ4v) is 6.07. The van der Waals surface area contributed by atoms with Crippen molar-refractivity contribution >= 4 is 23.4 Å². The smallest absolute Gasteiger partial charge is 0.367 e. The van der Waals surface area contributed by atoms with Crippen LogP contribution in [0.2, 0.25) is 0 Å². The van der Waals surface area contributed by atoms with Crippen LogP contribution in [0.3, 0.4) is 0 Å². The van der Waals surface area contributed by atoms with Crippen molar-refractivity contribution in [3.8, 4) is 0 Å². The van der Waals surface area contributed by atoms with E-state index in [0.29, 0.717) is 5.57 Å². The molecule has 0 fully saturated rings. The van der Waals surface area contributed by atoms with E-state index in [1.165, 1.54) is 140 Å². The summed E-state index contributed by atoms with van der Waals surface area (Å²) in [5.74, 6) is -0.350. The molecule has 0 aliphatic carbocycles. The van der Waals surface area contributed by atoms with E-state index in [2.05, 4.69) is 69.8 Å². The first-order chi connectivity index (χ1) is 20.8. The van der Waals surface area contributed by atoms with Crippen LogP contribution in [0.15, 0.2) is 28.9 Å². The predicted octanol–water partition coefficient (Wildman–Crippen LogP) is 12.0. The summed E-state index contributed by atoms with van der Waals surface area (Å²) in [6.07, 6.45) is 29.3. The van der Waals surface area contributed by atoms with Gasteiger partial charge in [0.15, 0.2) is 0 Å². The van der Waals surface area contributed by atoms with Crippen molar-refractivity contribution in [2.45, 2.75) is 170 Å². The highest BCUT2D eigenvalue weighted by Gasteiger charge is 2.34. The molecule has 0 spiro atoms. The van der Waals surface area contributed by atoms with E-state index < -0.39 is 0 Å². The molecule has 0 unspecified atom stereocenters. The van der Waals surface area contributed by atoms with Gasteiger partial charge in [0.1, 0.15) is 5.71 Å². The first kappa shape index (κ1) is 37.1. The molecule has 43 heavy (non-hydrogen) atoms. The minimum absolute atomic E-state index is 0.243. The molecule has 4 heteroatoms. The molecular weight excluding hydrogens is 528 g/mol. The van der Waals surface area contributed by atoms with Gasteiger partial charge in [0, 0.05) is 24.2 Å². The van der Waals surface area contributed by atoms with Crippen LogP contribution >= 0.6 is 0 Å². The number of benzene rings is 1. The summed E-state index contributed by atoms with van der Waals surface area (Å²) in [5, 5.41) is 4.09. The van der Waals surface area contributed by atoms with Crippen molar-refractivity contribution in [1.29, 1.82) is 0 Å². The Kier molecular flexibility index (Phi) is 18.6. The van der Waals surface area contributed by atoms with Gasteiger partial charge in [0.25, 0.3) is 0 Å². The van der Waals surface area contributed by atoms with Crippen LogP contribution in [0.25, 0.3) is 6.08 Å². The second kappa shape index (κ2) is 21.6. The third-order valence-corrected chi connectivity index (χ3v) is 8.89. The van der Waals surface area contributed by atoms with Crippen molar-refractivity contribution in [3.63, 3.8) is 0 Å². The number of carbonyl (C=O) groups excluding carboxylic acids is 1. The molecule has 1 aliphatic heterocycles. The SMILES string of the molecule is CCCCCCCCCCCCN(CCCCCCCCCCCC)c1ccc(/C=C2\C(=O)ON=C2C(C)(C)C)c(C)c1. The molecule has 0 amide bonds. The van der Waals surface area contributed by atoms with Crippen LogP contribution in [0.1, 0.15) is 174 Å². The van der Waals surface area contributed by atoms with Crippen LogP contribution in [0, 0.1) is 12.3 Å². The highest BCUT2D eigenvalue weighted by atomic mass is 16.7. The van der Waals surface area contributed by atoms with Gasteiger partial charge in [-0.15, -0.1) is 0 Å². The van der Waals surface area contributed by atoms with Crippen LogP contribution in [-0.2, 0) is 9.63 Å². The van der Waals surface area contributed by atoms with E-state index in [1.54, 1.807) is 0 Å². The van der Waals surface area contributed by atoms with Crippen LogP contribution in [-0.4, -0.2) is 24.8 Å². The number of hydrogen-bond acceptors (Lipinski definition) is 4. The molecule has 1 aromatic carbocycles. The second-order valence-corrected chi connectivity index (χ2v) is 14.0. The Labute approximate surface area is 266 Å². The van der Waals surface area contributed by atoms with E-state index in [-0.39, 0.29) is 11.4 Å². The van der Waals surface area contributed by atoms with E-state index in [4.69, 9.17) is 4.84 Å². The lowest BCUT2D eigenvalue weighted by Crippen LogP contribution is -2.26. The lowest BCUT2D eigenvalue weighted by atomic mass is 9.85. The van der Waals surface area contributed by atoms with Gasteiger partial charge in [-0.25, -0.2) is 4.79 Å². The largest absolute Gasteiger partial charge is 0.372 e. The van der Waals surface area contributed by atoms with Crippen molar-refractivity contribution in [2.75, 3.05) is 18.0 Å². The van der Waals surface area contributed by atoms with Crippen molar-refractivity contribution in [3.05, 3.63) is 34.9 Å². The molecule has 0 radical (unpaired) electrons. The maximum Gasteiger partial charge on any atom is 0.367 e. The zero-order chi connectivity index (χ0) is 31.3. The fourth-order valence-electron chi connectivity index (χ4n) is 6.07. The summed E-state index contributed by atoms with van der Waals surface area (Å²) < 4.78 is 0. The van der Waals surface area contributed by atoms with Gasteiger partial charge < -0.3 is 9.74 Å². The summed E-state index contributed by atoms with van der Waals surface area (Å²) in [6, 6.07) is 6.74. The molecule has 0 N–H and O–H groups in total. The van der Waals surface area contributed by atoms with Crippen LogP contribution < -0.4 is 4.90 Å². The topological polar surface area (TPSA) is 41.9 Å². The van der Waals surface area contributed by atoms with Crippen molar-refractivity contribution in [2.24, 2.45) is 10.6 Å². The average Bonchev–Trinajstić information content (AvgIpc) is 3.35. The van der Waals surface area contributed by atoms with Gasteiger partial charge >= 0.3 is 5.97 Å². The lowest BCUT2D eigenvalue weighted by Gasteiger charge is -2.26. The molecule has 0 saturated heterocycles. The van der Waals surface area contributed by atoms with E-state index >= 15 is 0 Å². The van der Waals surface area contributed by atoms with Crippen molar-refractivity contribution in [1.82, 2.24) is 0 Å². The summed E-state index contributed by atoms with van der Waals surface area (Å²) in [7, 11) is 0. The van der Waals surface area contributed by atoms with Crippen LogP contribution in [0.5, 0.6) is 0 Å². The zero-order valence-corrected chi connectivity index (χ0v) is 29.1. The van der Waals surface area contributed by atoms with E-state index in [9.17, 15) is 4.79 Å². The Balaban J connectivity index is 1.92. The Morgan fingerprint density at radius 3 is 1.56 bits per heavy atom. The second-order valence-electron chi connectivity index (χ2n) is 14.0. The Morgan fingerprint density at radius 1 is 0.698 bits per heavy atom. The molecule has 0 bridgehead atoms. The molecule has 2 rings (SSSR count). The Hall–Kier alpha value is -2.10. The molecular formula is C39H66N2O2. The lowest BCUT2D eigenvalue weighted by molar-refractivity contribution is -0.136. The number of anilines is 1. The molecule has 4 nitrogen and oxygen atoms in total. The number of hydrogen-bond donors (Lipinski definition) is 0. The number of oxime groups is 1. The number of rotatable bonds is 24. The molecule has 0 atom stereocenters. The van der Waals surface area contributed by atoms with Gasteiger partial charge in [0.2, 0.25) is 0 Å². The minimum atomic E-state index is -0.350. The minimum Gasteiger partial charge on any atom is -0.372 e. The summed E-state index contributed by atoms with van der Waals surface area (Å²) in [6.45, 7) is 15.2. The predicted molar refractivity (Wildman–Crippen MR) is 188 cm³/mol. The highest BCUT2D eigenvalue weighted by Crippen LogP contribution is 2.30. The third kappa shape index (κ3) is 15.0. The normalized spacial score (nSPS) is 14.4. The monoisotopic (exact) mass is 595 g/mol. The quantitative estimate of drug-likeness (QED) is 0.0679. The van der Waals surface area contributed by atoms with Crippen molar-refractivity contribution < 1.29 is 9.63 Å². The average molecular weight is 595 g/mol. The van der Waals surface area contributed by atoms with Crippen LogP contribution in [0.4, 0.5) is 5.69 Å². The Bertz CT molecular complexity index is 948.